The van der Waals surface area contributed by atoms with Crippen LogP contribution in [0.2, 0.25) is 0 Å². The van der Waals surface area contributed by atoms with Gasteiger partial charge in [0.2, 0.25) is 0 Å². The molecule has 2 N–H and O–H groups in total. The van der Waals surface area contributed by atoms with Gasteiger partial charge in [0, 0.05) is 25.9 Å². The number of ether oxygens (including phenoxy) is 1. The summed E-state index contributed by atoms with van der Waals surface area (Å²) in [5, 5.41) is 21.1. The molecule has 4 rings (SSSR count). The molecule has 4 saturated carbocycles. The van der Waals surface area contributed by atoms with Crippen LogP contribution in [0, 0.1) is 5.92 Å². The molecule has 0 amide bonds. The lowest BCUT2D eigenvalue weighted by Crippen LogP contribution is -2.66. The maximum absolute atomic E-state index is 10.5. The van der Waals surface area contributed by atoms with Crippen molar-refractivity contribution in [3.8, 4) is 0 Å². The molecular formula is C14H24O3. The zero-order valence-corrected chi connectivity index (χ0v) is 10.7. The highest BCUT2D eigenvalue weighted by Crippen LogP contribution is 2.60. The predicted molar refractivity (Wildman–Crippen MR) is 64.7 cm³/mol. The minimum atomic E-state index is -0.652. The Morgan fingerprint density at radius 3 is 2.24 bits per heavy atom. The smallest absolute Gasteiger partial charge is 0.0739 e. The molecule has 0 saturated heterocycles. The van der Waals surface area contributed by atoms with E-state index in [0.717, 1.165) is 51.6 Å². The second-order valence-corrected chi connectivity index (χ2v) is 6.84. The van der Waals surface area contributed by atoms with Crippen molar-refractivity contribution in [3.63, 3.8) is 0 Å². The van der Waals surface area contributed by atoms with Crippen LogP contribution >= 0.6 is 0 Å². The van der Waals surface area contributed by atoms with Gasteiger partial charge in [-0.1, -0.05) is 13.3 Å². The molecule has 0 aliphatic heterocycles. The van der Waals surface area contributed by atoms with Crippen molar-refractivity contribution in [1.82, 2.24) is 0 Å². The Bertz CT molecular complexity index is 297. The SMILES string of the molecule is CCCCOC12CC3CC(O)(CC(O)(C3)C1)C2. The number of rotatable bonds is 4. The highest BCUT2D eigenvalue weighted by molar-refractivity contribution is 5.15. The van der Waals surface area contributed by atoms with Crippen molar-refractivity contribution in [2.75, 3.05) is 6.61 Å². The van der Waals surface area contributed by atoms with E-state index in [2.05, 4.69) is 6.92 Å². The van der Waals surface area contributed by atoms with Crippen LogP contribution in [0.5, 0.6) is 0 Å². The summed E-state index contributed by atoms with van der Waals surface area (Å²) >= 11 is 0. The molecule has 0 radical (unpaired) electrons. The van der Waals surface area contributed by atoms with Gasteiger partial charge < -0.3 is 14.9 Å². The molecule has 4 fully saturated rings. The summed E-state index contributed by atoms with van der Waals surface area (Å²) in [4.78, 5) is 0. The van der Waals surface area contributed by atoms with Crippen molar-refractivity contribution in [3.05, 3.63) is 0 Å². The molecule has 0 aromatic rings. The zero-order valence-electron chi connectivity index (χ0n) is 10.7. The summed E-state index contributed by atoms with van der Waals surface area (Å²) in [6.07, 6.45) is 7.03. The monoisotopic (exact) mass is 240 g/mol. The van der Waals surface area contributed by atoms with Crippen LogP contribution in [0.1, 0.15) is 58.3 Å². The van der Waals surface area contributed by atoms with E-state index in [1.54, 1.807) is 0 Å². The summed E-state index contributed by atoms with van der Waals surface area (Å²) in [6, 6.07) is 0. The van der Waals surface area contributed by atoms with Crippen LogP contribution in [0.3, 0.4) is 0 Å². The van der Waals surface area contributed by atoms with Gasteiger partial charge in [0.25, 0.3) is 0 Å². The molecule has 0 heterocycles. The average molecular weight is 240 g/mol. The quantitative estimate of drug-likeness (QED) is 0.739. The molecule has 3 heteroatoms. The first-order valence-corrected chi connectivity index (χ1v) is 7.05. The summed E-state index contributed by atoms with van der Waals surface area (Å²) in [5.74, 6) is 0.461. The van der Waals surface area contributed by atoms with Gasteiger partial charge in [-0.25, -0.2) is 0 Å². The number of hydrogen-bond donors (Lipinski definition) is 2. The van der Waals surface area contributed by atoms with Crippen LogP contribution in [0.4, 0.5) is 0 Å². The van der Waals surface area contributed by atoms with Crippen molar-refractivity contribution >= 4 is 0 Å². The van der Waals surface area contributed by atoms with Gasteiger partial charge in [-0.15, -0.1) is 0 Å². The molecule has 0 aromatic heterocycles. The van der Waals surface area contributed by atoms with Crippen LogP contribution in [-0.4, -0.2) is 33.6 Å². The Morgan fingerprint density at radius 2 is 1.71 bits per heavy atom. The van der Waals surface area contributed by atoms with E-state index in [0.29, 0.717) is 12.3 Å². The minimum Gasteiger partial charge on any atom is -0.390 e. The molecule has 17 heavy (non-hydrogen) atoms. The van der Waals surface area contributed by atoms with Gasteiger partial charge in [0.05, 0.1) is 16.8 Å². The Labute approximate surface area is 103 Å². The third kappa shape index (κ3) is 2.02. The lowest BCUT2D eigenvalue weighted by molar-refractivity contribution is -0.267. The van der Waals surface area contributed by atoms with E-state index in [-0.39, 0.29) is 5.60 Å². The first-order chi connectivity index (χ1) is 7.97. The lowest BCUT2D eigenvalue weighted by Gasteiger charge is -2.62. The number of aliphatic hydroxyl groups is 2. The Balaban J connectivity index is 1.77. The molecule has 4 bridgehead atoms. The molecule has 98 valence electrons. The molecule has 2 atom stereocenters. The summed E-state index contributed by atoms with van der Waals surface area (Å²) in [6.45, 7) is 2.93. The second kappa shape index (κ2) is 3.69. The Kier molecular flexibility index (Phi) is 2.59. The molecule has 3 nitrogen and oxygen atoms in total. The van der Waals surface area contributed by atoms with Gasteiger partial charge in [-0.3, -0.25) is 0 Å². The maximum atomic E-state index is 10.5. The summed E-state index contributed by atoms with van der Waals surface area (Å²) in [5.41, 5.74) is -1.53. The topological polar surface area (TPSA) is 49.7 Å². The molecule has 0 aromatic carbocycles. The van der Waals surface area contributed by atoms with Crippen molar-refractivity contribution in [2.45, 2.75) is 75.1 Å². The lowest BCUT2D eigenvalue weighted by atomic mass is 9.50. The third-order valence-corrected chi connectivity index (χ3v) is 4.86. The average Bonchev–Trinajstić information content (AvgIpc) is 2.11. The van der Waals surface area contributed by atoms with Crippen LogP contribution in [0.15, 0.2) is 0 Å². The fourth-order valence-corrected chi connectivity index (χ4v) is 4.84. The van der Waals surface area contributed by atoms with Gasteiger partial charge in [0.15, 0.2) is 0 Å². The fourth-order valence-electron chi connectivity index (χ4n) is 4.84. The predicted octanol–water partition coefficient (Wildman–Crippen LogP) is 2.00. The van der Waals surface area contributed by atoms with Crippen molar-refractivity contribution in [1.29, 1.82) is 0 Å². The van der Waals surface area contributed by atoms with Gasteiger partial charge >= 0.3 is 0 Å². The van der Waals surface area contributed by atoms with E-state index < -0.39 is 11.2 Å². The molecule has 0 spiro atoms. The Morgan fingerprint density at radius 1 is 1.06 bits per heavy atom. The molecule has 4 aliphatic rings. The van der Waals surface area contributed by atoms with Crippen LogP contribution < -0.4 is 0 Å². The standard InChI is InChI=1S/C14H24O3/c1-2-3-4-17-14-7-11-5-12(15,9-14)8-13(16,6-11)10-14/h11,15-16H,2-10H2,1H3. The third-order valence-electron chi connectivity index (χ3n) is 4.86. The minimum absolute atomic E-state index is 0.224. The largest absolute Gasteiger partial charge is 0.390 e. The summed E-state index contributed by atoms with van der Waals surface area (Å²) < 4.78 is 6.09. The molecular weight excluding hydrogens is 216 g/mol. The van der Waals surface area contributed by atoms with Crippen LogP contribution in [0.25, 0.3) is 0 Å². The second-order valence-electron chi connectivity index (χ2n) is 6.84. The fraction of sp³-hybridized carbons (Fsp3) is 1.00. The van der Waals surface area contributed by atoms with E-state index in [4.69, 9.17) is 4.74 Å². The Hall–Kier alpha value is -0.120. The normalized spacial score (nSPS) is 52.1. The van der Waals surface area contributed by atoms with Crippen molar-refractivity contribution in [2.24, 2.45) is 5.92 Å². The van der Waals surface area contributed by atoms with E-state index in [1.807, 2.05) is 0 Å². The zero-order chi connectivity index (χ0) is 12.1. The van der Waals surface area contributed by atoms with Gasteiger partial charge in [-0.05, 0) is 31.6 Å². The molecule has 2 unspecified atom stereocenters. The summed E-state index contributed by atoms with van der Waals surface area (Å²) in [7, 11) is 0. The highest BCUT2D eigenvalue weighted by atomic mass is 16.5. The van der Waals surface area contributed by atoms with Gasteiger partial charge in [0.1, 0.15) is 0 Å². The van der Waals surface area contributed by atoms with E-state index in [9.17, 15) is 10.2 Å². The first-order valence-electron chi connectivity index (χ1n) is 7.05. The van der Waals surface area contributed by atoms with Crippen LogP contribution in [-0.2, 0) is 4.74 Å². The molecule has 4 aliphatic carbocycles. The van der Waals surface area contributed by atoms with Crippen molar-refractivity contribution < 1.29 is 14.9 Å². The van der Waals surface area contributed by atoms with E-state index in [1.165, 1.54) is 0 Å². The van der Waals surface area contributed by atoms with Gasteiger partial charge in [-0.2, -0.15) is 0 Å². The van der Waals surface area contributed by atoms with E-state index >= 15 is 0 Å². The first kappa shape index (κ1) is 11.9. The maximum Gasteiger partial charge on any atom is 0.0739 e. The number of hydrogen-bond acceptors (Lipinski definition) is 3. The number of unbranched alkanes of at least 4 members (excludes halogenated alkanes) is 1. The highest BCUT2D eigenvalue weighted by Gasteiger charge is 2.63.